The van der Waals surface area contributed by atoms with Crippen LogP contribution in [-0.2, 0) is 0 Å². The summed E-state index contributed by atoms with van der Waals surface area (Å²) < 4.78 is 0.859. The Balaban J connectivity index is 2.05. The van der Waals surface area contributed by atoms with Gasteiger partial charge >= 0.3 is 0 Å². The molecule has 0 aliphatic carbocycles. The summed E-state index contributed by atoms with van der Waals surface area (Å²) >= 11 is 9.40. The van der Waals surface area contributed by atoms with Crippen LogP contribution in [0.5, 0.6) is 0 Å². The van der Waals surface area contributed by atoms with Gasteiger partial charge in [-0.15, -0.1) is 0 Å². The summed E-state index contributed by atoms with van der Waals surface area (Å²) in [4.78, 5) is 14.4. The van der Waals surface area contributed by atoms with Gasteiger partial charge in [-0.25, -0.2) is 0 Å². The summed E-state index contributed by atoms with van der Waals surface area (Å²) in [6.07, 6.45) is 2.15. The average molecular weight is 332 g/mol. The molecule has 0 bridgehead atoms. The van der Waals surface area contributed by atoms with E-state index >= 15 is 0 Å². The van der Waals surface area contributed by atoms with Crippen LogP contribution >= 0.6 is 27.5 Å². The number of likely N-dealkylation sites (tertiary alicyclic amines) is 1. The van der Waals surface area contributed by atoms with Gasteiger partial charge in [-0.3, -0.25) is 4.79 Å². The Bertz CT molecular complexity index is 453. The molecule has 0 radical (unpaired) electrons. The Morgan fingerprint density at radius 2 is 2.33 bits per heavy atom. The maximum Gasteiger partial charge on any atom is 0.253 e. The van der Waals surface area contributed by atoms with Gasteiger partial charge in [0.2, 0.25) is 0 Å². The van der Waals surface area contributed by atoms with E-state index < -0.39 is 0 Å². The molecule has 0 aromatic heterocycles. The number of benzene rings is 1. The van der Waals surface area contributed by atoms with Gasteiger partial charge in [-0.2, -0.15) is 0 Å². The Morgan fingerprint density at radius 3 is 3.06 bits per heavy atom. The topological polar surface area (TPSA) is 32.3 Å². The van der Waals surface area contributed by atoms with Gasteiger partial charge in [0.15, 0.2) is 0 Å². The van der Waals surface area contributed by atoms with E-state index in [1.54, 1.807) is 12.1 Å². The fourth-order valence-corrected chi connectivity index (χ4v) is 2.78. The first-order chi connectivity index (χ1) is 8.56. The van der Waals surface area contributed by atoms with Gasteiger partial charge in [-0.05, 0) is 44.6 Å². The number of nitrogens with one attached hydrogen (secondary N) is 1. The number of carbonyl (C=O) groups excluding carboxylic acids is 1. The lowest BCUT2D eigenvalue weighted by molar-refractivity contribution is 0.0912. The van der Waals surface area contributed by atoms with Gasteiger partial charge in [0, 0.05) is 17.1 Å². The van der Waals surface area contributed by atoms with E-state index in [1.807, 2.05) is 6.07 Å². The van der Waals surface area contributed by atoms with Crippen molar-refractivity contribution in [2.45, 2.75) is 18.9 Å². The largest absolute Gasteiger partial charge is 0.348 e. The lowest BCUT2D eigenvalue weighted by Gasteiger charge is -2.30. The molecule has 1 N–H and O–H groups in total. The highest BCUT2D eigenvalue weighted by molar-refractivity contribution is 9.10. The minimum absolute atomic E-state index is 0.0957. The minimum atomic E-state index is -0.0957. The molecule has 1 aromatic carbocycles. The van der Waals surface area contributed by atoms with E-state index in [0.717, 1.165) is 30.4 Å². The molecule has 18 heavy (non-hydrogen) atoms. The van der Waals surface area contributed by atoms with E-state index in [9.17, 15) is 4.79 Å². The number of rotatable bonds is 2. The molecule has 2 rings (SSSR count). The molecule has 98 valence electrons. The fourth-order valence-electron chi connectivity index (χ4n) is 2.22. The van der Waals surface area contributed by atoms with Crippen LogP contribution < -0.4 is 5.32 Å². The zero-order valence-corrected chi connectivity index (χ0v) is 12.6. The van der Waals surface area contributed by atoms with Crippen molar-refractivity contribution < 1.29 is 4.79 Å². The first kappa shape index (κ1) is 13.8. The third kappa shape index (κ3) is 3.46. The second kappa shape index (κ2) is 6.04. The molecule has 1 aromatic rings. The molecule has 1 fully saturated rings. The van der Waals surface area contributed by atoms with Gasteiger partial charge in [0.25, 0.3) is 5.91 Å². The minimum Gasteiger partial charge on any atom is -0.348 e. The monoisotopic (exact) mass is 330 g/mol. The van der Waals surface area contributed by atoms with E-state index in [2.05, 4.69) is 33.2 Å². The molecule has 0 spiro atoms. The molecular formula is C13H16BrClN2O. The van der Waals surface area contributed by atoms with Gasteiger partial charge in [0.05, 0.1) is 10.6 Å². The Morgan fingerprint density at radius 1 is 1.56 bits per heavy atom. The molecule has 1 heterocycles. The van der Waals surface area contributed by atoms with Gasteiger partial charge in [0.1, 0.15) is 0 Å². The summed E-state index contributed by atoms with van der Waals surface area (Å²) in [5, 5.41) is 3.53. The predicted molar refractivity (Wildman–Crippen MR) is 77.1 cm³/mol. The maximum absolute atomic E-state index is 12.2. The molecule has 0 saturated carbocycles. The third-order valence-electron chi connectivity index (χ3n) is 3.13. The van der Waals surface area contributed by atoms with Crippen LogP contribution in [-0.4, -0.2) is 37.0 Å². The van der Waals surface area contributed by atoms with Crippen LogP contribution in [0.15, 0.2) is 22.7 Å². The SMILES string of the molecule is CN1CCCC(NC(=O)c2cc(Br)ccc2Cl)C1. The molecule has 1 saturated heterocycles. The lowest BCUT2D eigenvalue weighted by atomic mass is 10.1. The van der Waals surface area contributed by atoms with E-state index in [0.29, 0.717) is 10.6 Å². The van der Waals surface area contributed by atoms with Crippen molar-refractivity contribution in [1.82, 2.24) is 10.2 Å². The highest BCUT2D eigenvalue weighted by Gasteiger charge is 2.20. The van der Waals surface area contributed by atoms with Crippen LogP contribution in [0.3, 0.4) is 0 Å². The number of halogens is 2. The van der Waals surface area contributed by atoms with Crippen molar-refractivity contribution in [1.29, 1.82) is 0 Å². The van der Waals surface area contributed by atoms with Crippen LogP contribution in [0.1, 0.15) is 23.2 Å². The highest BCUT2D eigenvalue weighted by atomic mass is 79.9. The van der Waals surface area contributed by atoms with Crippen LogP contribution in [0.2, 0.25) is 5.02 Å². The normalized spacial score (nSPS) is 20.7. The fraction of sp³-hybridized carbons (Fsp3) is 0.462. The smallest absolute Gasteiger partial charge is 0.253 e. The number of piperidine rings is 1. The van der Waals surface area contributed by atoms with Crippen molar-refractivity contribution in [2.24, 2.45) is 0 Å². The molecule has 1 aliphatic heterocycles. The number of carbonyl (C=O) groups is 1. The second-order valence-electron chi connectivity index (χ2n) is 4.70. The molecule has 1 amide bonds. The lowest BCUT2D eigenvalue weighted by Crippen LogP contribution is -2.46. The number of hydrogen-bond acceptors (Lipinski definition) is 2. The zero-order chi connectivity index (χ0) is 13.1. The third-order valence-corrected chi connectivity index (χ3v) is 3.96. The van der Waals surface area contributed by atoms with Crippen molar-refractivity contribution >= 4 is 33.4 Å². The number of likely N-dealkylation sites (N-methyl/N-ethyl adjacent to an activating group) is 1. The Kier molecular flexibility index (Phi) is 4.65. The van der Waals surface area contributed by atoms with Crippen molar-refractivity contribution in [3.8, 4) is 0 Å². The maximum atomic E-state index is 12.2. The number of amides is 1. The van der Waals surface area contributed by atoms with Crippen LogP contribution in [0.25, 0.3) is 0 Å². The first-order valence-electron chi connectivity index (χ1n) is 6.00. The summed E-state index contributed by atoms with van der Waals surface area (Å²) in [6, 6.07) is 5.52. The molecule has 3 nitrogen and oxygen atoms in total. The second-order valence-corrected chi connectivity index (χ2v) is 6.02. The molecular weight excluding hydrogens is 316 g/mol. The van der Waals surface area contributed by atoms with Crippen LogP contribution in [0.4, 0.5) is 0 Å². The number of nitrogens with zero attached hydrogens (tertiary/aromatic N) is 1. The molecule has 1 aliphatic rings. The average Bonchev–Trinajstić information content (AvgIpc) is 2.32. The highest BCUT2D eigenvalue weighted by Crippen LogP contribution is 2.21. The van der Waals surface area contributed by atoms with E-state index in [-0.39, 0.29) is 11.9 Å². The molecule has 1 atom stereocenters. The summed E-state index contributed by atoms with van der Waals surface area (Å²) in [7, 11) is 2.07. The van der Waals surface area contributed by atoms with Crippen molar-refractivity contribution in [3.63, 3.8) is 0 Å². The van der Waals surface area contributed by atoms with Crippen LogP contribution in [0, 0.1) is 0 Å². The summed E-state index contributed by atoms with van der Waals surface area (Å²) in [5.74, 6) is -0.0957. The number of hydrogen-bond donors (Lipinski definition) is 1. The quantitative estimate of drug-likeness (QED) is 0.904. The summed E-state index contributed by atoms with van der Waals surface area (Å²) in [6.45, 7) is 2.00. The zero-order valence-electron chi connectivity index (χ0n) is 10.2. The van der Waals surface area contributed by atoms with Crippen molar-refractivity contribution in [3.05, 3.63) is 33.3 Å². The first-order valence-corrected chi connectivity index (χ1v) is 7.18. The van der Waals surface area contributed by atoms with E-state index in [1.165, 1.54) is 0 Å². The van der Waals surface area contributed by atoms with Gasteiger partial charge < -0.3 is 10.2 Å². The summed E-state index contributed by atoms with van der Waals surface area (Å²) in [5.41, 5.74) is 0.527. The predicted octanol–water partition coefficient (Wildman–Crippen LogP) is 2.93. The molecule has 5 heteroatoms. The van der Waals surface area contributed by atoms with E-state index in [4.69, 9.17) is 11.6 Å². The Labute approximate surface area is 121 Å². The standard InChI is InChI=1S/C13H16BrClN2O/c1-17-6-2-3-10(8-17)16-13(18)11-7-9(14)4-5-12(11)15/h4-5,7,10H,2-3,6,8H2,1H3,(H,16,18). The van der Waals surface area contributed by atoms with Crippen molar-refractivity contribution in [2.75, 3.05) is 20.1 Å². The van der Waals surface area contributed by atoms with Gasteiger partial charge in [-0.1, -0.05) is 27.5 Å². The Hall–Kier alpha value is -0.580. The molecule has 1 unspecified atom stereocenters.